The van der Waals surface area contributed by atoms with E-state index in [0.717, 1.165) is 11.8 Å². The summed E-state index contributed by atoms with van der Waals surface area (Å²) in [6.07, 6.45) is 0.408. The number of Topliss-reactive ketones (excluding diaryl/α,β-unsaturated/α-hetero) is 1. The Morgan fingerprint density at radius 1 is 1.19 bits per heavy atom. The zero-order chi connectivity index (χ0) is 18.5. The zero-order valence-electron chi connectivity index (χ0n) is 13.9. The van der Waals surface area contributed by atoms with E-state index in [1.165, 1.54) is 22.8 Å². The van der Waals surface area contributed by atoms with E-state index in [9.17, 15) is 14.0 Å². The van der Waals surface area contributed by atoms with Crippen LogP contribution in [0.4, 0.5) is 4.39 Å². The molecule has 0 radical (unpaired) electrons. The lowest BCUT2D eigenvalue weighted by atomic mass is 10.1. The largest absolute Gasteiger partial charge is 0.396 e. The van der Waals surface area contributed by atoms with Gasteiger partial charge in [0.25, 0.3) is 5.56 Å². The van der Waals surface area contributed by atoms with E-state index in [2.05, 4.69) is 4.98 Å². The van der Waals surface area contributed by atoms with Gasteiger partial charge in [-0.25, -0.2) is 9.37 Å². The van der Waals surface area contributed by atoms with Crippen molar-refractivity contribution in [3.05, 3.63) is 70.3 Å². The second-order valence-corrected chi connectivity index (χ2v) is 6.61. The highest BCUT2D eigenvalue weighted by Gasteiger charge is 2.14. The van der Waals surface area contributed by atoms with Gasteiger partial charge in [0.1, 0.15) is 5.82 Å². The number of nitrogens with zero attached hydrogens (tertiary/aromatic N) is 2. The summed E-state index contributed by atoms with van der Waals surface area (Å²) in [4.78, 5) is 29.5. The third kappa shape index (κ3) is 4.00. The molecular formula is C19H17FN2O3S. The lowest BCUT2D eigenvalue weighted by Crippen LogP contribution is -2.24. The predicted octanol–water partition coefficient (Wildman–Crippen LogP) is 2.89. The third-order valence-electron chi connectivity index (χ3n) is 3.85. The number of benzene rings is 2. The first-order chi connectivity index (χ1) is 12.6. The molecule has 0 atom stereocenters. The fourth-order valence-corrected chi connectivity index (χ4v) is 3.48. The summed E-state index contributed by atoms with van der Waals surface area (Å²) in [5.74, 6) is -0.678. The molecule has 3 rings (SSSR count). The summed E-state index contributed by atoms with van der Waals surface area (Å²) in [6.45, 7) is 0.259. The highest BCUT2D eigenvalue weighted by molar-refractivity contribution is 7.99. The Hall–Kier alpha value is -2.51. The van der Waals surface area contributed by atoms with Crippen LogP contribution in [0.25, 0.3) is 10.9 Å². The minimum atomic E-state index is -0.468. The van der Waals surface area contributed by atoms with Gasteiger partial charge in [0.2, 0.25) is 0 Å². The van der Waals surface area contributed by atoms with Gasteiger partial charge in [0.05, 0.1) is 16.7 Å². The van der Waals surface area contributed by atoms with Gasteiger partial charge in [-0.3, -0.25) is 14.2 Å². The number of carbonyl (C=O) groups is 1. The van der Waals surface area contributed by atoms with Crippen LogP contribution in [0.3, 0.4) is 0 Å². The molecule has 0 aliphatic carbocycles. The number of aliphatic hydroxyl groups is 1. The normalized spacial score (nSPS) is 11.0. The Morgan fingerprint density at radius 3 is 2.77 bits per heavy atom. The first-order valence-corrected chi connectivity index (χ1v) is 9.10. The number of thioether (sulfide) groups is 1. The van der Waals surface area contributed by atoms with E-state index in [4.69, 9.17) is 5.11 Å². The van der Waals surface area contributed by atoms with Gasteiger partial charge in [-0.2, -0.15) is 0 Å². The number of carbonyl (C=O) groups excluding carboxylic acids is 1. The minimum Gasteiger partial charge on any atom is -0.396 e. The molecule has 3 aromatic rings. The Morgan fingerprint density at radius 2 is 2.00 bits per heavy atom. The molecule has 5 nitrogen and oxygen atoms in total. The van der Waals surface area contributed by atoms with Crippen LogP contribution in [0.15, 0.2) is 58.5 Å². The van der Waals surface area contributed by atoms with Crippen LogP contribution in [0.5, 0.6) is 0 Å². The summed E-state index contributed by atoms with van der Waals surface area (Å²) in [5, 5.41) is 9.98. The van der Waals surface area contributed by atoms with Gasteiger partial charge in [-0.05, 0) is 30.7 Å². The number of aromatic nitrogens is 2. The smallest absolute Gasteiger partial charge is 0.262 e. The Balaban J connectivity index is 1.90. The van der Waals surface area contributed by atoms with Gasteiger partial charge in [0.15, 0.2) is 10.9 Å². The maximum Gasteiger partial charge on any atom is 0.262 e. The van der Waals surface area contributed by atoms with E-state index >= 15 is 0 Å². The van der Waals surface area contributed by atoms with Crippen molar-refractivity contribution in [1.29, 1.82) is 0 Å². The lowest BCUT2D eigenvalue weighted by molar-refractivity contribution is 0.102. The quantitative estimate of drug-likeness (QED) is 0.392. The molecule has 2 aromatic carbocycles. The van der Waals surface area contributed by atoms with Crippen molar-refractivity contribution in [3.8, 4) is 0 Å². The Bertz CT molecular complexity index is 1000. The molecule has 7 heteroatoms. The third-order valence-corrected chi connectivity index (χ3v) is 4.82. The molecule has 1 heterocycles. The van der Waals surface area contributed by atoms with Crippen molar-refractivity contribution in [2.45, 2.75) is 18.1 Å². The SMILES string of the molecule is O=C(CSc1nc2ccccc2c(=O)n1CCCO)c1cccc(F)c1. The fourth-order valence-electron chi connectivity index (χ4n) is 2.56. The molecular weight excluding hydrogens is 355 g/mol. The van der Waals surface area contributed by atoms with Crippen LogP contribution in [0.1, 0.15) is 16.8 Å². The van der Waals surface area contributed by atoms with Crippen LogP contribution >= 0.6 is 11.8 Å². The van der Waals surface area contributed by atoms with Crippen LogP contribution < -0.4 is 5.56 Å². The summed E-state index contributed by atoms with van der Waals surface area (Å²) < 4.78 is 14.8. The molecule has 0 saturated carbocycles. The van der Waals surface area contributed by atoms with E-state index in [1.54, 1.807) is 30.3 Å². The molecule has 0 aliphatic heterocycles. The average Bonchev–Trinajstić information content (AvgIpc) is 2.65. The molecule has 0 spiro atoms. The fraction of sp³-hybridized carbons (Fsp3) is 0.211. The molecule has 134 valence electrons. The number of hydrogen-bond acceptors (Lipinski definition) is 5. The minimum absolute atomic E-state index is 0.0351. The van der Waals surface area contributed by atoms with E-state index in [-0.39, 0.29) is 29.3 Å². The number of fused-ring (bicyclic) bond motifs is 1. The summed E-state index contributed by atoms with van der Waals surface area (Å²) >= 11 is 1.13. The van der Waals surface area contributed by atoms with Crippen LogP contribution in [0, 0.1) is 5.82 Å². The molecule has 0 aliphatic rings. The zero-order valence-corrected chi connectivity index (χ0v) is 14.7. The Labute approximate surface area is 153 Å². The van der Waals surface area contributed by atoms with E-state index < -0.39 is 5.82 Å². The first-order valence-electron chi connectivity index (χ1n) is 8.12. The summed E-state index contributed by atoms with van der Waals surface area (Å²) in [7, 11) is 0. The van der Waals surface area contributed by atoms with Crippen molar-refractivity contribution in [3.63, 3.8) is 0 Å². The summed E-state index contributed by atoms with van der Waals surface area (Å²) in [5.41, 5.74) is 0.630. The van der Waals surface area contributed by atoms with Crippen LogP contribution in [0.2, 0.25) is 0 Å². The van der Waals surface area contributed by atoms with Gasteiger partial charge in [0, 0.05) is 18.7 Å². The first kappa shape index (κ1) is 18.3. The van der Waals surface area contributed by atoms with Gasteiger partial charge < -0.3 is 5.11 Å². The molecule has 0 bridgehead atoms. The molecule has 0 fully saturated rings. The number of ketones is 1. The van der Waals surface area contributed by atoms with Crippen LogP contribution in [-0.4, -0.2) is 32.8 Å². The number of rotatable bonds is 7. The molecule has 0 saturated heterocycles. The topological polar surface area (TPSA) is 72.2 Å². The van der Waals surface area contributed by atoms with E-state index in [1.807, 2.05) is 0 Å². The highest BCUT2D eigenvalue weighted by Crippen LogP contribution is 2.19. The van der Waals surface area contributed by atoms with E-state index in [0.29, 0.717) is 29.0 Å². The average molecular weight is 372 g/mol. The highest BCUT2D eigenvalue weighted by atomic mass is 32.2. The number of hydrogen-bond donors (Lipinski definition) is 1. The van der Waals surface area contributed by atoms with Gasteiger partial charge in [-0.1, -0.05) is 36.0 Å². The standard InChI is InChI=1S/C19H17FN2O3S/c20-14-6-3-5-13(11-14)17(24)12-26-19-21-16-8-2-1-7-15(16)18(25)22(19)9-4-10-23/h1-3,5-8,11,23H,4,9-10,12H2. The number of halogens is 1. The van der Waals surface area contributed by atoms with Crippen LogP contribution in [-0.2, 0) is 6.54 Å². The second kappa shape index (κ2) is 8.25. The van der Waals surface area contributed by atoms with Crippen molar-refractivity contribution in [1.82, 2.24) is 9.55 Å². The molecule has 26 heavy (non-hydrogen) atoms. The van der Waals surface area contributed by atoms with Gasteiger partial charge in [-0.15, -0.1) is 0 Å². The predicted molar refractivity (Wildman–Crippen MR) is 99.2 cm³/mol. The van der Waals surface area contributed by atoms with Crippen molar-refractivity contribution < 1.29 is 14.3 Å². The second-order valence-electron chi connectivity index (χ2n) is 5.67. The Kier molecular flexibility index (Phi) is 5.80. The monoisotopic (exact) mass is 372 g/mol. The number of aliphatic hydroxyl groups excluding tert-OH is 1. The lowest BCUT2D eigenvalue weighted by Gasteiger charge is -2.12. The summed E-state index contributed by atoms with van der Waals surface area (Å²) in [6, 6.07) is 12.5. The van der Waals surface area contributed by atoms with Gasteiger partial charge >= 0.3 is 0 Å². The number of para-hydroxylation sites is 1. The molecule has 0 unspecified atom stereocenters. The molecule has 0 amide bonds. The maximum atomic E-state index is 13.3. The van der Waals surface area contributed by atoms with Crippen molar-refractivity contribution >= 4 is 28.4 Å². The van der Waals surface area contributed by atoms with Crippen molar-refractivity contribution in [2.75, 3.05) is 12.4 Å². The molecule has 1 N–H and O–H groups in total. The maximum absolute atomic E-state index is 13.3. The van der Waals surface area contributed by atoms with Crippen molar-refractivity contribution in [2.24, 2.45) is 0 Å². The molecule has 1 aromatic heterocycles.